The van der Waals surface area contributed by atoms with Crippen LogP contribution in [0.5, 0.6) is 0 Å². The second-order valence-corrected chi connectivity index (χ2v) is 6.99. The van der Waals surface area contributed by atoms with Gasteiger partial charge in [-0.25, -0.2) is 0 Å². The maximum Gasteiger partial charge on any atom is 0.227 e. The molecular formula is C17H35N3O. The summed E-state index contributed by atoms with van der Waals surface area (Å²) in [5.74, 6) is 0.254. The molecule has 0 bridgehead atoms. The predicted octanol–water partition coefficient (Wildman–Crippen LogP) is 2.39. The van der Waals surface area contributed by atoms with Gasteiger partial charge in [0.05, 0.1) is 5.41 Å². The lowest BCUT2D eigenvalue weighted by atomic mass is 9.76. The monoisotopic (exact) mass is 297 g/mol. The predicted molar refractivity (Wildman–Crippen MR) is 89.4 cm³/mol. The summed E-state index contributed by atoms with van der Waals surface area (Å²) in [5.41, 5.74) is -0.173. The smallest absolute Gasteiger partial charge is 0.227 e. The first-order chi connectivity index (χ1) is 9.93. The van der Waals surface area contributed by atoms with E-state index >= 15 is 0 Å². The molecule has 0 aromatic rings. The van der Waals surface area contributed by atoms with Crippen molar-refractivity contribution in [1.29, 1.82) is 0 Å². The molecule has 1 heterocycles. The molecule has 0 aromatic carbocycles. The minimum absolute atomic E-state index is 0.173. The minimum Gasteiger partial charge on any atom is -0.354 e. The zero-order valence-electron chi connectivity index (χ0n) is 14.7. The summed E-state index contributed by atoms with van der Waals surface area (Å²) in [7, 11) is 0. The topological polar surface area (TPSA) is 44.4 Å². The van der Waals surface area contributed by atoms with Crippen molar-refractivity contribution in [2.75, 3.05) is 26.2 Å². The summed E-state index contributed by atoms with van der Waals surface area (Å²) in [4.78, 5) is 15.1. The maximum atomic E-state index is 12.7. The highest BCUT2D eigenvalue weighted by molar-refractivity contribution is 5.83. The standard InChI is InChI=1S/C17H35N3O/c1-6-8-17(9-7-10-18-13-17)16(21)19-11-12-20(14(2)3)15(4)5/h14-15,18H,6-13H2,1-5H3,(H,19,21). The molecule has 1 atom stereocenters. The number of piperidine rings is 1. The maximum absolute atomic E-state index is 12.7. The van der Waals surface area contributed by atoms with Crippen LogP contribution in [0.1, 0.15) is 60.3 Å². The summed E-state index contributed by atoms with van der Waals surface area (Å²) in [5, 5.41) is 6.60. The number of rotatable bonds is 8. The molecule has 0 aliphatic carbocycles. The molecular weight excluding hydrogens is 262 g/mol. The Hall–Kier alpha value is -0.610. The molecule has 0 radical (unpaired) electrons. The zero-order valence-corrected chi connectivity index (χ0v) is 14.7. The lowest BCUT2D eigenvalue weighted by molar-refractivity contribution is -0.132. The molecule has 0 aromatic heterocycles. The van der Waals surface area contributed by atoms with E-state index < -0.39 is 0 Å². The van der Waals surface area contributed by atoms with Gasteiger partial charge in [-0.2, -0.15) is 0 Å². The summed E-state index contributed by atoms with van der Waals surface area (Å²) in [6.45, 7) is 14.6. The highest BCUT2D eigenvalue weighted by Crippen LogP contribution is 2.31. The van der Waals surface area contributed by atoms with Crippen LogP contribution in [0.4, 0.5) is 0 Å². The SMILES string of the molecule is CCCC1(C(=O)NCCN(C(C)C)C(C)C)CCCNC1. The van der Waals surface area contributed by atoms with E-state index in [1.807, 2.05) is 0 Å². The van der Waals surface area contributed by atoms with Crippen LogP contribution in [0.2, 0.25) is 0 Å². The third-order valence-electron chi connectivity index (χ3n) is 4.66. The molecule has 1 unspecified atom stereocenters. The fourth-order valence-electron chi connectivity index (χ4n) is 3.57. The van der Waals surface area contributed by atoms with E-state index in [2.05, 4.69) is 50.2 Å². The van der Waals surface area contributed by atoms with Gasteiger partial charge in [0.1, 0.15) is 0 Å². The van der Waals surface area contributed by atoms with Gasteiger partial charge in [-0.1, -0.05) is 13.3 Å². The lowest BCUT2D eigenvalue weighted by Gasteiger charge is -2.37. The first kappa shape index (κ1) is 18.4. The van der Waals surface area contributed by atoms with Crippen molar-refractivity contribution in [3.63, 3.8) is 0 Å². The van der Waals surface area contributed by atoms with Gasteiger partial charge >= 0.3 is 0 Å². The van der Waals surface area contributed by atoms with Gasteiger partial charge in [-0.05, 0) is 53.5 Å². The van der Waals surface area contributed by atoms with Crippen molar-refractivity contribution in [3.8, 4) is 0 Å². The van der Waals surface area contributed by atoms with Gasteiger partial charge in [0.25, 0.3) is 0 Å². The first-order valence-electron chi connectivity index (χ1n) is 8.67. The van der Waals surface area contributed by atoms with E-state index in [1.54, 1.807) is 0 Å². The molecule has 1 amide bonds. The Balaban J connectivity index is 2.50. The molecule has 4 heteroatoms. The lowest BCUT2D eigenvalue weighted by Crippen LogP contribution is -2.52. The van der Waals surface area contributed by atoms with E-state index in [9.17, 15) is 4.79 Å². The number of hydrogen-bond donors (Lipinski definition) is 2. The average molecular weight is 297 g/mol. The van der Waals surface area contributed by atoms with Gasteiger partial charge in [-0.3, -0.25) is 9.69 Å². The van der Waals surface area contributed by atoms with Gasteiger partial charge in [0.15, 0.2) is 0 Å². The molecule has 4 nitrogen and oxygen atoms in total. The van der Waals surface area contributed by atoms with E-state index in [1.165, 1.54) is 0 Å². The fourth-order valence-corrected chi connectivity index (χ4v) is 3.57. The summed E-state index contributed by atoms with van der Waals surface area (Å²) < 4.78 is 0. The van der Waals surface area contributed by atoms with Crippen LogP contribution in [0.3, 0.4) is 0 Å². The molecule has 0 spiro atoms. The number of amides is 1. The van der Waals surface area contributed by atoms with Crippen molar-refractivity contribution >= 4 is 5.91 Å². The van der Waals surface area contributed by atoms with Crippen LogP contribution in [0, 0.1) is 5.41 Å². The molecule has 0 saturated carbocycles. The van der Waals surface area contributed by atoms with Gasteiger partial charge in [0.2, 0.25) is 5.91 Å². The number of hydrogen-bond acceptors (Lipinski definition) is 3. The fraction of sp³-hybridized carbons (Fsp3) is 0.941. The quantitative estimate of drug-likeness (QED) is 0.723. The first-order valence-corrected chi connectivity index (χ1v) is 8.67. The third kappa shape index (κ3) is 5.26. The van der Waals surface area contributed by atoms with E-state index in [0.29, 0.717) is 12.1 Å². The average Bonchev–Trinajstić information content (AvgIpc) is 2.43. The molecule has 2 N–H and O–H groups in total. The molecule has 1 aliphatic rings. The van der Waals surface area contributed by atoms with Crippen molar-refractivity contribution in [2.45, 2.75) is 72.4 Å². The molecule has 1 rings (SSSR count). The Labute approximate surface area is 131 Å². The molecule has 124 valence electrons. The van der Waals surface area contributed by atoms with E-state index in [0.717, 1.165) is 51.9 Å². The van der Waals surface area contributed by atoms with Crippen molar-refractivity contribution in [2.24, 2.45) is 5.41 Å². The van der Waals surface area contributed by atoms with Crippen molar-refractivity contribution in [1.82, 2.24) is 15.5 Å². The zero-order chi connectivity index (χ0) is 15.9. The van der Waals surface area contributed by atoms with Crippen LogP contribution in [-0.4, -0.2) is 49.1 Å². The second-order valence-electron chi connectivity index (χ2n) is 6.99. The molecule has 21 heavy (non-hydrogen) atoms. The second kappa shape index (κ2) is 8.74. The highest BCUT2D eigenvalue weighted by atomic mass is 16.2. The van der Waals surface area contributed by atoms with Crippen LogP contribution >= 0.6 is 0 Å². The van der Waals surface area contributed by atoms with Crippen LogP contribution in [-0.2, 0) is 4.79 Å². The van der Waals surface area contributed by atoms with Crippen LogP contribution in [0.15, 0.2) is 0 Å². The highest BCUT2D eigenvalue weighted by Gasteiger charge is 2.38. The molecule has 1 saturated heterocycles. The number of nitrogens with zero attached hydrogens (tertiary/aromatic N) is 1. The third-order valence-corrected chi connectivity index (χ3v) is 4.66. The van der Waals surface area contributed by atoms with Crippen LogP contribution in [0.25, 0.3) is 0 Å². The number of nitrogens with one attached hydrogen (secondary N) is 2. The Morgan fingerprint density at radius 2 is 1.95 bits per heavy atom. The summed E-state index contributed by atoms with van der Waals surface area (Å²) in [6, 6.07) is 1.03. The molecule has 1 aliphatic heterocycles. The number of carbonyl (C=O) groups is 1. The number of carbonyl (C=O) groups excluding carboxylic acids is 1. The normalized spacial score (nSPS) is 23.0. The van der Waals surface area contributed by atoms with Crippen molar-refractivity contribution in [3.05, 3.63) is 0 Å². The van der Waals surface area contributed by atoms with E-state index in [4.69, 9.17) is 0 Å². The largest absolute Gasteiger partial charge is 0.354 e. The Bertz CT molecular complexity index is 296. The van der Waals surface area contributed by atoms with Gasteiger partial charge in [-0.15, -0.1) is 0 Å². The minimum atomic E-state index is -0.173. The Morgan fingerprint density at radius 1 is 1.29 bits per heavy atom. The van der Waals surface area contributed by atoms with E-state index in [-0.39, 0.29) is 11.3 Å². The Kier molecular flexibility index (Phi) is 7.67. The van der Waals surface area contributed by atoms with Gasteiger partial charge in [0, 0.05) is 31.7 Å². The van der Waals surface area contributed by atoms with Crippen LogP contribution < -0.4 is 10.6 Å². The summed E-state index contributed by atoms with van der Waals surface area (Å²) >= 11 is 0. The van der Waals surface area contributed by atoms with Gasteiger partial charge < -0.3 is 10.6 Å². The van der Waals surface area contributed by atoms with Crippen molar-refractivity contribution < 1.29 is 4.79 Å². The summed E-state index contributed by atoms with van der Waals surface area (Å²) in [6.07, 6.45) is 4.19. The molecule has 1 fully saturated rings. The Morgan fingerprint density at radius 3 is 2.43 bits per heavy atom.